The average molecular weight is 372 g/mol. The topological polar surface area (TPSA) is 66.5 Å². The third-order valence-electron chi connectivity index (χ3n) is 4.82. The lowest BCUT2D eigenvalue weighted by Gasteiger charge is -2.24. The maximum atomic E-state index is 12.7. The molecule has 0 saturated carbocycles. The van der Waals surface area contributed by atoms with Gasteiger partial charge in [-0.15, -0.1) is 0 Å². The van der Waals surface area contributed by atoms with E-state index in [-0.39, 0.29) is 11.8 Å². The number of hydrogen-bond donors (Lipinski definition) is 1. The first-order chi connectivity index (χ1) is 12.5. The lowest BCUT2D eigenvalue weighted by atomic mass is 9.91. The van der Waals surface area contributed by atoms with Gasteiger partial charge >= 0.3 is 0 Å². The van der Waals surface area contributed by atoms with Gasteiger partial charge < -0.3 is 5.32 Å². The Bertz CT molecular complexity index is 798. The van der Waals surface area contributed by atoms with Crippen LogP contribution in [0.4, 0.5) is 0 Å². The van der Waals surface area contributed by atoms with E-state index in [1.807, 2.05) is 60.7 Å². The largest absolute Gasteiger partial charge is 0.354 e. The van der Waals surface area contributed by atoms with Crippen LogP contribution in [0.3, 0.4) is 0 Å². The summed E-state index contributed by atoms with van der Waals surface area (Å²) >= 11 is 0. The first kappa shape index (κ1) is 18.6. The molecule has 5 nitrogen and oxygen atoms in total. The second-order valence-electron chi connectivity index (χ2n) is 6.65. The molecule has 0 aromatic heterocycles. The van der Waals surface area contributed by atoms with E-state index < -0.39 is 16.1 Å². The van der Waals surface area contributed by atoms with Gasteiger partial charge in [0.25, 0.3) is 0 Å². The van der Waals surface area contributed by atoms with Gasteiger partial charge in [-0.2, -0.15) is 4.31 Å². The van der Waals surface area contributed by atoms with Crippen LogP contribution in [-0.2, 0) is 14.8 Å². The van der Waals surface area contributed by atoms with Crippen LogP contribution in [0, 0.1) is 0 Å². The Hall–Kier alpha value is -2.18. The number of amides is 1. The summed E-state index contributed by atoms with van der Waals surface area (Å²) in [7, 11) is -3.37. The van der Waals surface area contributed by atoms with Crippen molar-refractivity contribution in [3.05, 3.63) is 71.8 Å². The number of sulfonamides is 1. The van der Waals surface area contributed by atoms with E-state index >= 15 is 0 Å². The highest BCUT2D eigenvalue weighted by Crippen LogP contribution is 2.25. The van der Waals surface area contributed by atoms with Crippen LogP contribution in [0.1, 0.15) is 29.9 Å². The maximum Gasteiger partial charge on any atom is 0.238 e. The molecule has 1 atom stereocenters. The summed E-state index contributed by atoms with van der Waals surface area (Å²) in [5, 5.41) is 2.98. The molecule has 0 spiro atoms. The van der Waals surface area contributed by atoms with Crippen LogP contribution >= 0.6 is 0 Å². The molecular formula is C20H24N2O3S. The molecule has 1 N–H and O–H groups in total. The molecule has 138 valence electrons. The van der Waals surface area contributed by atoms with Crippen LogP contribution in [0.25, 0.3) is 0 Å². The fraction of sp³-hybridized carbons (Fsp3) is 0.350. The summed E-state index contributed by atoms with van der Waals surface area (Å²) in [5.74, 6) is -0.195. The van der Waals surface area contributed by atoms with E-state index in [1.165, 1.54) is 4.31 Å². The van der Waals surface area contributed by atoms with Gasteiger partial charge in [0.1, 0.15) is 6.04 Å². The number of carbonyl (C=O) groups is 1. The molecule has 26 heavy (non-hydrogen) atoms. The molecule has 3 rings (SSSR count). The summed E-state index contributed by atoms with van der Waals surface area (Å²) in [4.78, 5) is 12.7. The van der Waals surface area contributed by atoms with Crippen molar-refractivity contribution in [1.29, 1.82) is 0 Å². The highest BCUT2D eigenvalue weighted by Gasteiger charge is 2.36. The van der Waals surface area contributed by atoms with Crippen molar-refractivity contribution in [1.82, 2.24) is 9.62 Å². The number of carbonyl (C=O) groups excluding carboxylic acids is 1. The molecule has 1 unspecified atom stereocenters. The molecule has 1 aliphatic rings. The second kappa shape index (κ2) is 8.01. The van der Waals surface area contributed by atoms with Crippen molar-refractivity contribution in [3.63, 3.8) is 0 Å². The van der Waals surface area contributed by atoms with E-state index in [2.05, 4.69) is 5.32 Å². The summed E-state index contributed by atoms with van der Waals surface area (Å²) in [6.07, 6.45) is 2.45. The summed E-state index contributed by atoms with van der Waals surface area (Å²) in [5.41, 5.74) is 2.23. The molecule has 1 amide bonds. The quantitative estimate of drug-likeness (QED) is 0.846. The Labute approximate surface area is 155 Å². The predicted octanol–water partition coefficient (Wildman–Crippen LogP) is 2.36. The smallest absolute Gasteiger partial charge is 0.238 e. The Kier molecular flexibility index (Phi) is 5.74. The fourth-order valence-electron chi connectivity index (χ4n) is 3.52. The van der Waals surface area contributed by atoms with Gasteiger partial charge in [-0.3, -0.25) is 4.79 Å². The Balaban J connectivity index is 1.75. The second-order valence-corrected chi connectivity index (χ2v) is 8.59. The minimum atomic E-state index is -3.37. The Morgan fingerprint density at radius 3 is 2.12 bits per heavy atom. The van der Waals surface area contributed by atoms with Crippen molar-refractivity contribution in [2.75, 3.05) is 19.3 Å². The van der Waals surface area contributed by atoms with Gasteiger partial charge in [0, 0.05) is 19.0 Å². The molecule has 0 aliphatic carbocycles. The zero-order valence-corrected chi connectivity index (χ0v) is 15.7. The van der Waals surface area contributed by atoms with E-state index in [0.717, 1.165) is 17.4 Å². The van der Waals surface area contributed by atoms with Gasteiger partial charge in [0.05, 0.1) is 6.26 Å². The first-order valence-electron chi connectivity index (χ1n) is 8.81. The molecular weight excluding hydrogens is 348 g/mol. The number of benzene rings is 2. The van der Waals surface area contributed by atoms with E-state index in [4.69, 9.17) is 0 Å². The van der Waals surface area contributed by atoms with E-state index in [9.17, 15) is 13.2 Å². The van der Waals surface area contributed by atoms with Crippen molar-refractivity contribution in [3.8, 4) is 0 Å². The summed E-state index contributed by atoms with van der Waals surface area (Å²) < 4.78 is 25.1. The normalized spacial score (nSPS) is 18.2. The van der Waals surface area contributed by atoms with E-state index in [0.29, 0.717) is 25.9 Å². The molecule has 1 fully saturated rings. The van der Waals surface area contributed by atoms with Gasteiger partial charge in [-0.05, 0) is 24.0 Å². The third-order valence-corrected chi connectivity index (χ3v) is 6.11. The average Bonchev–Trinajstić information content (AvgIpc) is 3.14. The number of hydrogen-bond acceptors (Lipinski definition) is 3. The predicted molar refractivity (Wildman–Crippen MR) is 102 cm³/mol. The Morgan fingerprint density at radius 2 is 1.62 bits per heavy atom. The fourth-order valence-corrected chi connectivity index (χ4v) is 4.64. The minimum absolute atomic E-state index is 0.0226. The van der Waals surface area contributed by atoms with Gasteiger partial charge in [-0.1, -0.05) is 60.7 Å². The van der Waals surface area contributed by atoms with Crippen molar-refractivity contribution in [2.24, 2.45) is 0 Å². The molecule has 1 heterocycles. The number of nitrogens with one attached hydrogen (secondary N) is 1. The number of nitrogens with zero attached hydrogens (tertiary/aromatic N) is 1. The van der Waals surface area contributed by atoms with Crippen LogP contribution in [0.2, 0.25) is 0 Å². The molecule has 1 saturated heterocycles. The number of rotatable bonds is 6. The molecule has 0 radical (unpaired) electrons. The summed E-state index contributed by atoms with van der Waals surface area (Å²) in [6.45, 7) is 0.846. The third kappa shape index (κ3) is 4.31. The monoisotopic (exact) mass is 372 g/mol. The van der Waals surface area contributed by atoms with Crippen LogP contribution in [0.15, 0.2) is 60.7 Å². The van der Waals surface area contributed by atoms with Crippen LogP contribution in [0.5, 0.6) is 0 Å². The Morgan fingerprint density at radius 1 is 1.08 bits per heavy atom. The molecule has 0 bridgehead atoms. The van der Waals surface area contributed by atoms with Gasteiger partial charge in [0.2, 0.25) is 15.9 Å². The lowest BCUT2D eigenvalue weighted by molar-refractivity contribution is -0.124. The van der Waals surface area contributed by atoms with Crippen molar-refractivity contribution < 1.29 is 13.2 Å². The van der Waals surface area contributed by atoms with Crippen LogP contribution < -0.4 is 5.32 Å². The van der Waals surface area contributed by atoms with Gasteiger partial charge in [-0.25, -0.2) is 8.42 Å². The van der Waals surface area contributed by atoms with Crippen molar-refractivity contribution in [2.45, 2.75) is 24.8 Å². The molecule has 2 aromatic carbocycles. The highest BCUT2D eigenvalue weighted by molar-refractivity contribution is 7.88. The lowest BCUT2D eigenvalue weighted by Crippen LogP contribution is -2.46. The highest BCUT2D eigenvalue weighted by atomic mass is 32.2. The molecule has 1 aliphatic heterocycles. The maximum absolute atomic E-state index is 12.7. The minimum Gasteiger partial charge on any atom is -0.354 e. The first-order valence-corrected chi connectivity index (χ1v) is 10.7. The van der Waals surface area contributed by atoms with Gasteiger partial charge in [0.15, 0.2) is 0 Å². The molecule has 2 aromatic rings. The van der Waals surface area contributed by atoms with Crippen molar-refractivity contribution >= 4 is 15.9 Å². The molecule has 6 heteroatoms. The van der Waals surface area contributed by atoms with E-state index in [1.54, 1.807) is 0 Å². The SMILES string of the molecule is CS(=O)(=O)N1CCCC1C(=O)NCC(c1ccccc1)c1ccccc1. The zero-order chi connectivity index (χ0) is 18.6. The standard InChI is InChI=1S/C20H24N2O3S/c1-26(24,25)22-14-8-13-19(22)20(23)21-15-18(16-9-4-2-5-10-16)17-11-6-3-7-12-17/h2-7,9-12,18-19H,8,13-15H2,1H3,(H,21,23). The van der Waals surface area contributed by atoms with Crippen LogP contribution in [-0.4, -0.2) is 44.0 Å². The summed E-state index contributed by atoms with van der Waals surface area (Å²) in [6, 6.07) is 19.4. The zero-order valence-electron chi connectivity index (χ0n) is 14.8.